The molecule has 0 spiro atoms. The molecule has 0 aliphatic rings. The summed E-state index contributed by atoms with van der Waals surface area (Å²) in [6, 6.07) is 0.237. The van der Waals surface area contributed by atoms with Crippen molar-refractivity contribution in [2.45, 2.75) is 54.5 Å². The van der Waals surface area contributed by atoms with Crippen molar-refractivity contribution in [3.05, 3.63) is 37.0 Å². The van der Waals surface area contributed by atoms with Crippen LogP contribution < -0.4 is 5.32 Å². The highest BCUT2D eigenvalue weighted by molar-refractivity contribution is 6.06. The van der Waals surface area contributed by atoms with Gasteiger partial charge in [0.2, 0.25) is 0 Å². The van der Waals surface area contributed by atoms with Crippen molar-refractivity contribution in [3.63, 3.8) is 0 Å². The van der Waals surface area contributed by atoms with E-state index in [-0.39, 0.29) is 11.9 Å². The van der Waals surface area contributed by atoms with E-state index in [9.17, 15) is 4.79 Å². The molecule has 2 heterocycles. The van der Waals surface area contributed by atoms with Gasteiger partial charge in [-0.25, -0.2) is 15.0 Å². The highest BCUT2D eigenvalue weighted by Crippen LogP contribution is 2.20. The van der Waals surface area contributed by atoms with Gasteiger partial charge < -0.3 is 9.88 Å². The fraction of sp³-hybridized carbons (Fsp3) is 0.444. The van der Waals surface area contributed by atoms with Crippen molar-refractivity contribution >= 4 is 22.9 Å². The number of nitrogens with one attached hydrogen (secondary N) is 1. The molecule has 132 valence electrons. The van der Waals surface area contributed by atoms with Crippen LogP contribution in [-0.2, 0) is 4.79 Å². The minimum absolute atomic E-state index is 0.232. The van der Waals surface area contributed by atoms with Gasteiger partial charge in [0, 0.05) is 11.6 Å². The van der Waals surface area contributed by atoms with Gasteiger partial charge in [0.05, 0.1) is 6.33 Å². The van der Waals surface area contributed by atoms with E-state index in [0.717, 1.165) is 0 Å². The van der Waals surface area contributed by atoms with E-state index in [0.29, 0.717) is 22.6 Å². The van der Waals surface area contributed by atoms with Crippen molar-refractivity contribution in [2.75, 3.05) is 5.32 Å². The second kappa shape index (κ2) is 11.1. The second-order valence-corrected chi connectivity index (χ2v) is 4.68. The molecule has 0 unspecified atom stereocenters. The fourth-order valence-corrected chi connectivity index (χ4v) is 1.78. The third-order valence-electron chi connectivity index (χ3n) is 2.87. The van der Waals surface area contributed by atoms with Crippen LogP contribution in [0.5, 0.6) is 0 Å². The number of aromatic nitrogens is 4. The topological polar surface area (TPSA) is 72.7 Å². The Morgan fingerprint density at radius 3 is 2.38 bits per heavy atom. The molecule has 1 amide bonds. The van der Waals surface area contributed by atoms with E-state index >= 15 is 0 Å². The van der Waals surface area contributed by atoms with Crippen molar-refractivity contribution in [3.8, 4) is 0 Å². The summed E-state index contributed by atoms with van der Waals surface area (Å²) in [5.74, 6) is 0.181. The number of rotatable bonds is 4. The van der Waals surface area contributed by atoms with E-state index in [1.165, 1.54) is 6.33 Å². The summed E-state index contributed by atoms with van der Waals surface area (Å²) in [6.07, 6.45) is 6.33. The van der Waals surface area contributed by atoms with E-state index in [1.54, 1.807) is 25.4 Å². The van der Waals surface area contributed by atoms with Gasteiger partial charge in [0.15, 0.2) is 17.0 Å². The van der Waals surface area contributed by atoms with Gasteiger partial charge in [-0.15, -0.1) is 0 Å². The monoisotopic (exact) mass is 331 g/mol. The van der Waals surface area contributed by atoms with Crippen LogP contribution in [0.1, 0.15) is 54.5 Å². The molecule has 0 aliphatic heterocycles. The molecule has 24 heavy (non-hydrogen) atoms. The Bertz CT molecular complexity index is 686. The van der Waals surface area contributed by atoms with E-state index in [1.807, 2.05) is 46.1 Å². The molecule has 0 saturated heterocycles. The molecule has 1 N–H and O–H groups in total. The molecule has 2 aromatic rings. The van der Waals surface area contributed by atoms with Crippen molar-refractivity contribution in [2.24, 2.45) is 0 Å². The van der Waals surface area contributed by atoms with Gasteiger partial charge in [0.25, 0.3) is 5.91 Å². The van der Waals surface area contributed by atoms with Crippen LogP contribution in [0.4, 0.5) is 5.82 Å². The SMILES string of the molecule is C=C/C=C(\C)C(=O)Nc1ncnc2c1ncn2C(C)C.CC.CC. The smallest absolute Gasteiger partial charge is 0.252 e. The lowest BCUT2D eigenvalue weighted by Gasteiger charge is -2.08. The van der Waals surface area contributed by atoms with Gasteiger partial charge in [0.1, 0.15) is 6.33 Å². The molecule has 0 saturated carbocycles. The maximum absolute atomic E-state index is 12.0. The molecule has 0 aliphatic carbocycles. The predicted molar refractivity (Wildman–Crippen MR) is 101 cm³/mol. The van der Waals surface area contributed by atoms with Crippen LogP contribution in [0.25, 0.3) is 11.2 Å². The first-order valence-electron chi connectivity index (χ1n) is 8.32. The molecule has 2 rings (SSSR count). The molecule has 6 nitrogen and oxygen atoms in total. The zero-order valence-corrected chi connectivity index (χ0v) is 15.8. The number of fused-ring (bicyclic) bond motifs is 1. The number of allylic oxidation sites excluding steroid dienone is 2. The number of anilines is 1. The normalized spacial score (nSPS) is 10.4. The Morgan fingerprint density at radius 1 is 1.21 bits per heavy atom. The minimum atomic E-state index is -0.232. The van der Waals surface area contributed by atoms with Crippen molar-refractivity contribution < 1.29 is 4.79 Å². The highest BCUT2D eigenvalue weighted by atomic mass is 16.1. The van der Waals surface area contributed by atoms with E-state index < -0.39 is 0 Å². The van der Waals surface area contributed by atoms with Gasteiger partial charge in [-0.05, 0) is 20.8 Å². The molecular formula is C18H29N5O. The van der Waals surface area contributed by atoms with Crippen LogP contribution in [0, 0.1) is 0 Å². The maximum Gasteiger partial charge on any atom is 0.252 e. The Hall–Kier alpha value is -2.50. The largest absolute Gasteiger partial charge is 0.313 e. The van der Waals surface area contributed by atoms with Gasteiger partial charge in [-0.3, -0.25) is 4.79 Å². The second-order valence-electron chi connectivity index (χ2n) is 4.68. The fourth-order valence-electron chi connectivity index (χ4n) is 1.78. The minimum Gasteiger partial charge on any atom is -0.313 e. The number of hydrogen-bond acceptors (Lipinski definition) is 4. The zero-order chi connectivity index (χ0) is 18.7. The molecular weight excluding hydrogens is 302 g/mol. The predicted octanol–water partition coefficient (Wildman–Crippen LogP) is 4.53. The first-order chi connectivity index (χ1) is 11.5. The molecule has 0 fully saturated rings. The molecule has 0 aromatic carbocycles. The lowest BCUT2D eigenvalue weighted by atomic mass is 10.2. The Morgan fingerprint density at radius 2 is 1.83 bits per heavy atom. The van der Waals surface area contributed by atoms with Gasteiger partial charge in [-0.1, -0.05) is 46.4 Å². The number of nitrogens with zero attached hydrogens (tertiary/aromatic N) is 4. The summed E-state index contributed by atoms with van der Waals surface area (Å²) < 4.78 is 1.93. The number of carbonyl (C=O) groups is 1. The van der Waals surface area contributed by atoms with Crippen LogP contribution in [-0.4, -0.2) is 25.4 Å². The van der Waals surface area contributed by atoms with Crippen LogP contribution in [0.3, 0.4) is 0 Å². The molecule has 6 heteroatoms. The summed E-state index contributed by atoms with van der Waals surface area (Å²) in [5.41, 5.74) is 1.84. The lowest BCUT2D eigenvalue weighted by Crippen LogP contribution is -2.14. The van der Waals surface area contributed by atoms with Crippen molar-refractivity contribution in [1.29, 1.82) is 0 Å². The summed E-state index contributed by atoms with van der Waals surface area (Å²) in [5, 5.41) is 2.74. The average Bonchev–Trinajstić information content (AvgIpc) is 3.04. The standard InChI is InChI=1S/C14H17N5O.2C2H6/c1-5-6-10(4)14(20)18-12-11-13(16-7-15-12)19(8-17-11)9(2)3;2*1-2/h5-9H,1H2,2-4H3,(H,15,16,18,20);2*1-2H3/b10-6+;;. The number of carbonyl (C=O) groups excluding carboxylic acids is 1. The maximum atomic E-state index is 12.0. The summed E-state index contributed by atoms with van der Waals surface area (Å²) >= 11 is 0. The lowest BCUT2D eigenvalue weighted by molar-refractivity contribution is -0.112. The number of hydrogen-bond donors (Lipinski definition) is 1. The molecule has 0 bridgehead atoms. The van der Waals surface area contributed by atoms with Crippen LogP contribution in [0.2, 0.25) is 0 Å². The third kappa shape index (κ3) is 5.30. The van der Waals surface area contributed by atoms with E-state index in [4.69, 9.17) is 0 Å². The van der Waals surface area contributed by atoms with E-state index in [2.05, 4.69) is 26.8 Å². The Labute approximate surface area is 144 Å². The number of imidazole rings is 1. The first kappa shape index (κ1) is 21.5. The third-order valence-corrected chi connectivity index (χ3v) is 2.87. The Kier molecular flexibility index (Phi) is 9.94. The number of amides is 1. The molecule has 0 radical (unpaired) electrons. The van der Waals surface area contributed by atoms with Crippen LogP contribution >= 0.6 is 0 Å². The van der Waals surface area contributed by atoms with Gasteiger partial charge >= 0.3 is 0 Å². The average molecular weight is 331 g/mol. The quantitative estimate of drug-likeness (QED) is 0.660. The van der Waals surface area contributed by atoms with Gasteiger partial charge in [-0.2, -0.15) is 0 Å². The molecule has 0 atom stereocenters. The Balaban J connectivity index is 0.00000123. The summed E-state index contributed by atoms with van der Waals surface area (Å²) in [6.45, 7) is 17.4. The highest BCUT2D eigenvalue weighted by Gasteiger charge is 2.14. The first-order valence-corrected chi connectivity index (χ1v) is 8.32. The van der Waals surface area contributed by atoms with Crippen LogP contribution in [0.15, 0.2) is 37.0 Å². The summed E-state index contributed by atoms with van der Waals surface area (Å²) in [4.78, 5) is 24.6. The molecule has 2 aromatic heterocycles. The van der Waals surface area contributed by atoms with Crippen molar-refractivity contribution in [1.82, 2.24) is 19.5 Å². The summed E-state index contributed by atoms with van der Waals surface area (Å²) in [7, 11) is 0. The zero-order valence-electron chi connectivity index (χ0n) is 15.8.